The molecule has 0 aliphatic carbocycles. The fraction of sp³-hybridized carbons (Fsp3) is 0.278. The molecule has 10 nitrogen and oxygen atoms in total. The number of nitrogens with zero attached hydrogens (tertiary/aromatic N) is 2. The molecular formula is C18H22ClN7O3. The Morgan fingerprint density at radius 3 is 2.90 bits per heavy atom. The molecule has 3 rings (SSSR count). The van der Waals surface area contributed by atoms with Crippen molar-refractivity contribution in [2.75, 3.05) is 24.6 Å². The number of fused-ring (bicyclic) bond motifs is 1. The minimum absolute atomic E-state index is 0.0506. The van der Waals surface area contributed by atoms with Crippen LogP contribution in [0.2, 0.25) is 5.15 Å². The van der Waals surface area contributed by atoms with Crippen LogP contribution < -0.4 is 26.8 Å². The highest BCUT2D eigenvalue weighted by molar-refractivity contribution is 6.31. The summed E-state index contributed by atoms with van der Waals surface area (Å²) in [6.45, 7) is 1.98. The fourth-order valence-electron chi connectivity index (χ4n) is 2.66. The first-order valence-corrected chi connectivity index (χ1v) is 9.22. The lowest BCUT2D eigenvalue weighted by Gasteiger charge is -2.19. The van der Waals surface area contributed by atoms with Crippen LogP contribution in [0, 0.1) is 0 Å². The average Bonchev–Trinajstić information content (AvgIpc) is 3.16. The Hall–Kier alpha value is -3.08. The topological polar surface area (TPSA) is 164 Å². The summed E-state index contributed by atoms with van der Waals surface area (Å²) in [5, 5.41) is 16.6. The fourth-order valence-corrected chi connectivity index (χ4v) is 2.79. The van der Waals surface area contributed by atoms with Gasteiger partial charge in [0.05, 0.1) is 6.17 Å². The predicted octanol–water partition coefficient (Wildman–Crippen LogP) is 0.881. The van der Waals surface area contributed by atoms with Gasteiger partial charge < -0.3 is 31.6 Å². The number of carbonyl (C=O) groups is 1. The van der Waals surface area contributed by atoms with Gasteiger partial charge in [-0.25, -0.2) is 9.97 Å². The second-order valence-corrected chi connectivity index (χ2v) is 6.75. The van der Waals surface area contributed by atoms with Gasteiger partial charge in [-0.2, -0.15) is 0 Å². The van der Waals surface area contributed by atoms with E-state index in [9.17, 15) is 9.90 Å². The third-order valence-corrected chi connectivity index (χ3v) is 4.39. The minimum Gasteiger partial charge on any atom is -0.490 e. The van der Waals surface area contributed by atoms with Crippen LogP contribution in [0.1, 0.15) is 17.4 Å². The number of nitrogen functional groups attached to an aromatic ring is 2. The maximum absolute atomic E-state index is 12.3. The number of aromatic amines is 1. The number of nitrogens with one attached hydrogen (secondary N) is 3. The van der Waals surface area contributed by atoms with E-state index in [1.807, 2.05) is 30.5 Å². The molecule has 0 saturated heterocycles. The number of aliphatic hydroxyl groups excluding tert-OH is 1. The number of ether oxygens (including phenoxy) is 1. The molecule has 2 atom stereocenters. The average molecular weight is 420 g/mol. The van der Waals surface area contributed by atoms with E-state index in [1.54, 1.807) is 6.92 Å². The minimum atomic E-state index is -0.792. The standard InChI is InChI=1S/C18H22ClN7O3/c1-9(24-18(28)14-16(20)26-17(21)15(19)25-14)23-7-10(27)8-29-13-4-2-3-12-11(13)5-6-22-12/h2-6,9-10,22-23,27H,7-8H2,1H3,(H,24,28)(H4,20,21,26). The molecule has 11 heteroatoms. The molecule has 8 N–H and O–H groups in total. The first kappa shape index (κ1) is 20.6. The Morgan fingerprint density at radius 1 is 1.31 bits per heavy atom. The monoisotopic (exact) mass is 419 g/mol. The van der Waals surface area contributed by atoms with Crippen molar-refractivity contribution >= 4 is 40.0 Å². The largest absolute Gasteiger partial charge is 0.490 e. The molecule has 0 saturated carbocycles. The smallest absolute Gasteiger partial charge is 0.274 e. The van der Waals surface area contributed by atoms with Crippen molar-refractivity contribution in [2.45, 2.75) is 19.2 Å². The SMILES string of the molecule is CC(NCC(O)COc1cccc2[nH]ccc12)NC(=O)c1nc(Cl)c(N)nc1N. The Balaban J connectivity index is 1.47. The van der Waals surface area contributed by atoms with Crippen molar-refractivity contribution in [3.63, 3.8) is 0 Å². The van der Waals surface area contributed by atoms with Crippen molar-refractivity contribution in [1.29, 1.82) is 0 Å². The number of nitrogens with two attached hydrogens (primary N) is 2. The number of amides is 1. The highest BCUT2D eigenvalue weighted by Crippen LogP contribution is 2.24. The molecule has 1 aromatic carbocycles. The van der Waals surface area contributed by atoms with E-state index in [1.165, 1.54) is 0 Å². The lowest BCUT2D eigenvalue weighted by molar-refractivity contribution is 0.0893. The van der Waals surface area contributed by atoms with Crippen LogP contribution in [0.5, 0.6) is 5.75 Å². The first-order chi connectivity index (χ1) is 13.8. The maximum atomic E-state index is 12.3. The third kappa shape index (κ3) is 5.05. The zero-order chi connectivity index (χ0) is 21.0. The van der Waals surface area contributed by atoms with Crippen LogP contribution in [-0.4, -0.2) is 51.4 Å². The van der Waals surface area contributed by atoms with Crippen LogP contribution in [0.3, 0.4) is 0 Å². The molecule has 2 heterocycles. The highest BCUT2D eigenvalue weighted by atomic mass is 35.5. The Bertz CT molecular complexity index is 1010. The van der Waals surface area contributed by atoms with Gasteiger partial charge in [-0.15, -0.1) is 0 Å². The molecule has 0 aliphatic rings. The summed E-state index contributed by atoms with van der Waals surface area (Å²) in [5.41, 5.74) is 12.0. The van der Waals surface area contributed by atoms with Gasteiger partial charge in [0.25, 0.3) is 5.91 Å². The van der Waals surface area contributed by atoms with E-state index < -0.39 is 18.2 Å². The van der Waals surface area contributed by atoms with E-state index in [-0.39, 0.29) is 35.6 Å². The quantitative estimate of drug-likeness (QED) is 0.293. The van der Waals surface area contributed by atoms with E-state index in [0.717, 1.165) is 10.9 Å². The zero-order valence-electron chi connectivity index (χ0n) is 15.6. The van der Waals surface area contributed by atoms with Gasteiger partial charge in [-0.1, -0.05) is 17.7 Å². The summed E-state index contributed by atoms with van der Waals surface area (Å²) in [6.07, 6.45) is 0.549. The molecule has 2 unspecified atom stereocenters. The van der Waals surface area contributed by atoms with Gasteiger partial charge in [0, 0.05) is 23.6 Å². The Kier molecular flexibility index (Phi) is 6.37. The first-order valence-electron chi connectivity index (χ1n) is 8.85. The van der Waals surface area contributed by atoms with Gasteiger partial charge >= 0.3 is 0 Å². The third-order valence-electron chi connectivity index (χ3n) is 4.11. The molecule has 3 aromatic rings. The number of H-pyrrole nitrogens is 1. The summed E-state index contributed by atoms with van der Waals surface area (Å²) in [7, 11) is 0. The number of benzene rings is 1. The summed E-state index contributed by atoms with van der Waals surface area (Å²) >= 11 is 5.78. The molecule has 0 fully saturated rings. The Morgan fingerprint density at radius 2 is 2.10 bits per heavy atom. The van der Waals surface area contributed by atoms with Crippen LogP contribution in [0.15, 0.2) is 30.5 Å². The van der Waals surface area contributed by atoms with Gasteiger partial charge in [0.2, 0.25) is 0 Å². The number of aliphatic hydroxyl groups is 1. The number of halogens is 1. The second-order valence-electron chi connectivity index (χ2n) is 6.40. The molecular weight excluding hydrogens is 398 g/mol. The molecule has 154 valence electrons. The van der Waals surface area contributed by atoms with E-state index in [2.05, 4.69) is 25.6 Å². The lowest BCUT2D eigenvalue weighted by atomic mass is 10.2. The number of rotatable bonds is 8. The van der Waals surface area contributed by atoms with E-state index in [4.69, 9.17) is 27.8 Å². The summed E-state index contributed by atoms with van der Waals surface area (Å²) < 4.78 is 5.70. The van der Waals surface area contributed by atoms with Crippen molar-refractivity contribution in [3.05, 3.63) is 41.3 Å². The van der Waals surface area contributed by atoms with E-state index in [0.29, 0.717) is 5.75 Å². The van der Waals surface area contributed by atoms with Gasteiger partial charge in [0.1, 0.15) is 18.5 Å². The zero-order valence-corrected chi connectivity index (χ0v) is 16.4. The van der Waals surface area contributed by atoms with Crippen molar-refractivity contribution in [2.24, 2.45) is 0 Å². The van der Waals surface area contributed by atoms with Crippen LogP contribution >= 0.6 is 11.6 Å². The van der Waals surface area contributed by atoms with Gasteiger partial charge in [-0.3, -0.25) is 10.1 Å². The van der Waals surface area contributed by atoms with Gasteiger partial charge in [0.15, 0.2) is 22.5 Å². The highest BCUT2D eigenvalue weighted by Gasteiger charge is 2.18. The van der Waals surface area contributed by atoms with E-state index >= 15 is 0 Å². The normalized spacial score (nSPS) is 13.2. The summed E-state index contributed by atoms with van der Waals surface area (Å²) in [5.74, 6) is -0.0606. The van der Waals surface area contributed by atoms with Crippen molar-refractivity contribution < 1.29 is 14.6 Å². The maximum Gasteiger partial charge on any atom is 0.274 e. The number of aromatic nitrogens is 3. The molecule has 1 amide bonds. The predicted molar refractivity (Wildman–Crippen MR) is 111 cm³/mol. The van der Waals surface area contributed by atoms with Crippen LogP contribution in [0.4, 0.5) is 11.6 Å². The molecule has 2 aromatic heterocycles. The van der Waals surface area contributed by atoms with Crippen LogP contribution in [-0.2, 0) is 0 Å². The molecule has 0 aliphatic heterocycles. The summed E-state index contributed by atoms with van der Waals surface area (Å²) in [4.78, 5) is 23.0. The second kappa shape index (κ2) is 8.95. The lowest BCUT2D eigenvalue weighted by Crippen LogP contribution is -2.47. The Labute approximate surface area is 171 Å². The number of anilines is 2. The number of carbonyl (C=O) groups excluding carboxylic acids is 1. The van der Waals surface area contributed by atoms with Crippen LogP contribution in [0.25, 0.3) is 10.9 Å². The van der Waals surface area contributed by atoms with Crippen molar-refractivity contribution in [1.82, 2.24) is 25.6 Å². The molecule has 0 spiro atoms. The molecule has 29 heavy (non-hydrogen) atoms. The summed E-state index contributed by atoms with van der Waals surface area (Å²) in [6, 6.07) is 7.55. The molecule has 0 bridgehead atoms. The molecule has 0 radical (unpaired) electrons. The van der Waals surface area contributed by atoms with Crippen molar-refractivity contribution in [3.8, 4) is 5.75 Å². The number of hydrogen-bond acceptors (Lipinski definition) is 8. The number of hydrogen-bond donors (Lipinski definition) is 6. The van der Waals surface area contributed by atoms with Gasteiger partial charge in [-0.05, 0) is 25.1 Å².